The number of H-pyrrole nitrogens is 1. The summed E-state index contributed by atoms with van der Waals surface area (Å²) in [6.45, 7) is 1.20. The molecule has 1 atom stereocenters. The molecule has 5 rings (SSSR count). The van der Waals surface area contributed by atoms with Crippen LogP contribution in [0.5, 0.6) is 0 Å². The van der Waals surface area contributed by atoms with Gasteiger partial charge in [-0.3, -0.25) is 14.7 Å². The molecule has 0 spiro atoms. The van der Waals surface area contributed by atoms with E-state index in [1.54, 1.807) is 6.07 Å². The molecule has 0 fully saturated rings. The van der Waals surface area contributed by atoms with Crippen molar-refractivity contribution in [1.29, 1.82) is 0 Å². The average Bonchev–Trinajstić information content (AvgIpc) is 3.30. The molecule has 0 saturated carbocycles. The van der Waals surface area contributed by atoms with Crippen molar-refractivity contribution in [3.63, 3.8) is 0 Å². The van der Waals surface area contributed by atoms with E-state index in [-0.39, 0.29) is 24.3 Å². The minimum absolute atomic E-state index is 0.0489. The van der Waals surface area contributed by atoms with Gasteiger partial charge in [-0.05, 0) is 11.6 Å². The Hall–Kier alpha value is -3.41. The van der Waals surface area contributed by atoms with Crippen LogP contribution < -0.4 is 5.32 Å². The monoisotopic (exact) mass is 372 g/mol. The van der Waals surface area contributed by atoms with Gasteiger partial charge in [0.05, 0.1) is 18.2 Å². The first kappa shape index (κ1) is 16.7. The Labute approximate surface area is 162 Å². The van der Waals surface area contributed by atoms with Crippen LogP contribution in [0.1, 0.15) is 39.6 Å². The summed E-state index contributed by atoms with van der Waals surface area (Å²) in [4.78, 5) is 27.0. The Morgan fingerprint density at radius 1 is 1.11 bits per heavy atom. The van der Waals surface area contributed by atoms with Crippen molar-refractivity contribution in [2.75, 3.05) is 6.54 Å². The number of carbonyl (C=O) groups excluding carboxylic acids is 2. The molecular formula is C22H20N4O2. The van der Waals surface area contributed by atoms with Crippen LogP contribution in [0.25, 0.3) is 11.3 Å². The summed E-state index contributed by atoms with van der Waals surface area (Å²) >= 11 is 0. The van der Waals surface area contributed by atoms with E-state index in [4.69, 9.17) is 0 Å². The van der Waals surface area contributed by atoms with Crippen LogP contribution in [0.15, 0.2) is 54.6 Å². The zero-order valence-corrected chi connectivity index (χ0v) is 15.3. The van der Waals surface area contributed by atoms with Gasteiger partial charge in [-0.2, -0.15) is 5.10 Å². The van der Waals surface area contributed by atoms with Crippen molar-refractivity contribution in [3.8, 4) is 11.3 Å². The van der Waals surface area contributed by atoms with Crippen LogP contribution in [-0.4, -0.2) is 33.5 Å². The highest BCUT2D eigenvalue weighted by atomic mass is 16.2. The molecule has 2 amide bonds. The summed E-state index contributed by atoms with van der Waals surface area (Å²) in [5, 5.41) is 10.6. The lowest BCUT2D eigenvalue weighted by atomic mass is 9.99. The van der Waals surface area contributed by atoms with Crippen molar-refractivity contribution in [3.05, 3.63) is 77.0 Å². The van der Waals surface area contributed by atoms with E-state index >= 15 is 0 Å². The van der Waals surface area contributed by atoms with Gasteiger partial charge in [0.2, 0.25) is 5.91 Å². The minimum Gasteiger partial charge on any atom is -0.345 e. The predicted octanol–water partition coefficient (Wildman–Crippen LogP) is 2.84. The normalized spacial score (nSPS) is 17.8. The van der Waals surface area contributed by atoms with E-state index < -0.39 is 0 Å². The van der Waals surface area contributed by atoms with Gasteiger partial charge in [0.15, 0.2) is 0 Å². The number of aromatic amines is 1. The van der Waals surface area contributed by atoms with Crippen molar-refractivity contribution < 1.29 is 9.59 Å². The molecule has 0 saturated heterocycles. The fourth-order valence-electron chi connectivity index (χ4n) is 4.13. The maximum atomic E-state index is 13.0. The first-order valence-corrected chi connectivity index (χ1v) is 9.50. The number of carbonyl (C=O) groups is 2. The third-order valence-electron chi connectivity index (χ3n) is 5.60. The van der Waals surface area contributed by atoms with Crippen LogP contribution in [0.2, 0.25) is 0 Å². The van der Waals surface area contributed by atoms with Gasteiger partial charge in [-0.15, -0.1) is 0 Å². The SMILES string of the molecule is O=C1NC(CC(=O)N2CCc3[nH]nc(-c4ccccc4)c3C2)c2ccccc21. The summed E-state index contributed by atoms with van der Waals surface area (Å²) in [7, 11) is 0. The zero-order chi connectivity index (χ0) is 19.1. The highest BCUT2D eigenvalue weighted by Crippen LogP contribution is 2.31. The van der Waals surface area contributed by atoms with E-state index in [1.165, 1.54) is 0 Å². The van der Waals surface area contributed by atoms with Crippen LogP contribution in [0, 0.1) is 0 Å². The molecule has 3 heterocycles. The van der Waals surface area contributed by atoms with Crippen molar-refractivity contribution >= 4 is 11.8 Å². The number of nitrogens with one attached hydrogen (secondary N) is 2. The molecule has 2 aliphatic heterocycles. The summed E-state index contributed by atoms with van der Waals surface area (Å²) < 4.78 is 0. The number of aromatic nitrogens is 2. The summed E-state index contributed by atoms with van der Waals surface area (Å²) in [5.74, 6) is -0.0524. The third kappa shape index (κ3) is 2.78. The second kappa shape index (κ2) is 6.64. The van der Waals surface area contributed by atoms with Crippen LogP contribution >= 0.6 is 0 Å². The number of hydrogen-bond donors (Lipinski definition) is 2. The van der Waals surface area contributed by atoms with E-state index in [9.17, 15) is 9.59 Å². The van der Waals surface area contributed by atoms with Gasteiger partial charge < -0.3 is 10.2 Å². The van der Waals surface area contributed by atoms with Crippen molar-refractivity contribution in [2.45, 2.75) is 25.4 Å². The topological polar surface area (TPSA) is 78.1 Å². The summed E-state index contributed by atoms with van der Waals surface area (Å²) in [5.41, 5.74) is 5.72. The molecular weight excluding hydrogens is 352 g/mol. The van der Waals surface area contributed by atoms with Gasteiger partial charge in [-0.1, -0.05) is 48.5 Å². The quantitative estimate of drug-likeness (QED) is 0.742. The number of amides is 2. The Balaban J connectivity index is 1.35. The second-order valence-electron chi connectivity index (χ2n) is 7.28. The molecule has 0 radical (unpaired) electrons. The molecule has 140 valence electrons. The van der Waals surface area contributed by atoms with Gasteiger partial charge in [-0.25, -0.2) is 0 Å². The smallest absolute Gasteiger partial charge is 0.252 e. The highest BCUT2D eigenvalue weighted by Gasteiger charge is 2.32. The van der Waals surface area contributed by atoms with Gasteiger partial charge >= 0.3 is 0 Å². The number of benzene rings is 2. The molecule has 6 heteroatoms. The molecule has 0 bridgehead atoms. The summed E-state index contributed by atoms with van der Waals surface area (Å²) in [6, 6.07) is 17.2. The van der Waals surface area contributed by atoms with Crippen molar-refractivity contribution in [2.24, 2.45) is 0 Å². The maximum absolute atomic E-state index is 13.0. The second-order valence-corrected chi connectivity index (χ2v) is 7.28. The lowest BCUT2D eigenvalue weighted by Gasteiger charge is -2.28. The Morgan fingerprint density at radius 3 is 2.75 bits per heavy atom. The fourth-order valence-corrected chi connectivity index (χ4v) is 4.13. The molecule has 1 unspecified atom stereocenters. The summed E-state index contributed by atoms with van der Waals surface area (Å²) in [6.07, 6.45) is 1.03. The number of hydrogen-bond acceptors (Lipinski definition) is 3. The Bertz CT molecular complexity index is 1060. The fraction of sp³-hybridized carbons (Fsp3) is 0.227. The molecule has 0 aliphatic carbocycles. The lowest BCUT2D eigenvalue weighted by Crippen LogP contribution is -2.37. The van der Waals surface area contributed by atoms with E-state index in [1.807, 2.05) is 53.4 Å². The largest absolute Gasteiger partial charge is 0.345 e. The van der Waals surface area contributed by atoms with Crippen molar-refractivity contribution in [1.82, 2.24) is 20.4 Å². The van der Waals surface area contributed by atoms with Gasteiger partial charge in [0, 0.05) is 41.9 Å². The number of fused-ring (bicyclic) bond motifs is 2. The molecule has 3 aromatic rings. The zero-order valence-electron chi connectivity index (χ0n) is 15.3. The molecule has 6 nitrogen and oxygen atoms in total. The Kier molecular flexibility index (Phi) is 3.97. The first-order chi connectivity index (χ1) is 13.7. The first-order valence-electron chi connectivity index (χ1n) is 9.50. The van der Waals surface area contributed by atoms with Gasteiger partial charge in [0.25, 0.3) is 5.91 Å². The van der Waals surface area contributed by atoms with Crippen LogP contribution in [-0.2, 0) is 17.8 Å². The van der Waals surface area contributed by atoms with E-state index in [2.05, 4.69) is 15.5 Å². The van der Waals surface area contributed by atoms with Crippen LogP contribution in [0.4, 0.5) is 0 Å². The molecule has 1 aromatic heterocycles. The Morgan fingerprint density at radius 2 is 1.89 bits per heavy atom. The highest BCUT2D eigenvalue weighted by molar-refractivity contribution is 5.99. The standard InChI is InChI=1S/C22H20N4O2/c27-20(12-19-15-8-4-5-9-16(15)22(28)23-19)26-11-10-18-17(13-26)21(25-24-18)14-6-2-1-3-7-14/h1-9,19H,10-13H2,(H,23,28)(H,24,25). The maximum Gasteiger partial charge on any atom is 0.252 e. The molecule has 2 N–H and O–H groups in total. The molecule has 28 heavy (non-hydrogen) atoms. The third-order valence-corrected chi connectivity index (χ3v) is 5.60. The van der Waals surface area contributed by atoms with E-state index in [0.717, 1.165) is 34.5 Å². The minimum atomic E-state index is -0.254. The molecule has 2 aromatic carbocycles. The lowest BCUT2D eigenvalue weighted by molar-refractivity contribution is -0.132. The average molecular weight is 372 g/mol. The van der Waals surface area contributed by atoms with E-state index in [0.29, 0.717) is 18.7 Å². The predicted molar refractivity (Wildman–Crippen MR) is 104 cm³/mol. The molecule has 2 aliphatic rings. The number of rotatable bonds is 3. The van der Waals surface area contributed by atoms with Gasteiger partial charge in [0.1, 0.15) is 0 Å². The van der Waals surface area contributed by atoms with Crippen LogP contribution in [0.3, 0.4) is 0 Å². The number of nitrogens with zero attached hydrogens (tertiary/aromatic N) is 2.